The first-order valence-electron chi connectivity index (χ1n) is 7.40. The second-order valence-electron chi connectivity index (χ2n) is 5.65. The normalized spacial score (nSPS) is 15.0. The maximum absolute atomic E-state index is 8.21. The summed E-state index contributed by atoms with van der Waals surface area (Å²) >= 11 is 5.50. The summed E-state index contributed by atoms with van der Waals surface area (Å²) in [4.78, 5) is 3.35. The number of pyridine rings is 1. The molecule has 106 valence electrons. The van der Waals surface area contributed by atoms with Gasteiger partial charge in [0.25, 0.3) is 0 Å². The van der Waals surface area contributed by atoms with Gasteiger partial charge >= 0.3 is 0 Å². The van der Waals surface area contributed by atoms with Crippen molar-refractivity contribution < 1.29 is 4.42 Å². The number of H-pyrrole nitrogens is 1. The van der Waals surface area contributed by atoms with Crippen molar-refractivity contribution in [2.45, 2.75) is 32.1 Å². The molecule has 0 saturated heterocycles. The lowest BCUT2D eigenvalue weighted by molar-refractivity contribution is 0.542. The molecule has 0 fully saturated rings. The fourth-order valence-corrected chi connectivity index (χ4v) is 3.71. The minimum atomic E-state index is 0.164. The first-order chi connectivity index (χ1) is 10.3. The van der Waals surface area contributed by atoms with Crippen LogP contribution in [0.2, 0.25) is 0 Å². The van der Waals surface area contributed by atoms with E-state index in [9.17, 15) is 0 Å². The van der Waals surface area contributed by atoms with E-state index in [1.807, 2.05) is 18.2 Å². The molecule has 0 radical (unpaired) electrons. The lowest BCUT2D eigenvalue weighted by atomic mass is 9.98. The Labute approximate surface area is 127 Å². The van der Waals surface area contributed by atoms with E-state index in [2.05, 4.69) is 11.1 Å². The van der Waals surface area contributed by atoms with Crippen LogP contribution in [0, 0.1) is 10.0 Å². The Balaban J connectivity index is 2.30. The molecule has 0 aliphatic heterocycles. The number of rotatable bonds is 0. The van der Waals surface area contributed by atoms with Crippen LogP contribution < -0.4 is 5.55 Å². The summed E-state index contributed by atoms with van der Waals surface area (Å²) in [6.07, 6.45) is 5.74. The van der Waals surface area contributed by atoms with Gasteiger partial charge in [0.2, 0.25) is 5.55 Å². The summed E-state index contributed by atoms with van der Waals surface area (Å²) < 4.78 is 6.29. The number of fused-ring (bicyclic) bond motifs is 5. The SMILES string of the molecule is N=c1oc2ccccc2c2c3c([nH]c(=S)c12)CCCCC3. The standard InChI is InChI=1S/C17H16N2OS/c18-16-15-14(11-7-4-5-9-13(11)20-16)10-6-2-1-3-8-12(10)19-17(15)21/h4-5,7,9,18H,1-3,6,8H2,(H,19,21). The summed E-state index contributed by atoms with van der Waals surface area (Å²) in [5.74, 6) is 0. The number of aromatic amines is 1. The smallest absolute Gasteiger partial charge is 0.222 e. The van der Waals surface area contributed by atoms with Gasteiger partial charge in [-0.25, -0.2) is 0 Å². The first-order valence-corrected chi connectivity index (χ1v) is 7.81. The Morgan fingerprint density at radius 1 is 1.05 bits per heavy atom. The Kier molecular flexibility index (Phi) is 2.93. The topological polar surface area (TPSA) is 52.8 Å². The van der Waals surface area contributed by atoms with Crippen LogP contribution in [0.5, 0.6) is 0 Å². The van der Waals surface area contributed by atoms with E-state index in [1.165, 1.54) is 30.5 Å². The lowest BCUT2D eigenvalue weighted by Crippen LogP contribution is -2.07. The van der Waals surface area contributed by atoms with Crippen LogP contribution in [0.25, 0.3) is 21.7 Å². The van der Waals surface area contributed by atoms with Gasteiger partial charge in [-0.15, -0.1) is 0 Å². The molecule has 0 amide bonds. The first kappa shape index (κ1) is 12.8. The highest BCUT2D eigenvalue weighted by atomic mass is 32.1. The van der Waals surface area contributed by atoms with Crippen LogP contribution in [0.3, 0.4) is 0 Å². The van der Waals surface area contributed by atoms with Crippen LogP contribution in [0.1, 0.15) is 30.5 Å². The number of benzene rings is 1. The third kappa shape index (κ3) is 1.94. The average molecular weight is 296 g/mol. The van der Waals surface area contributed by atoms with Crippen molar-refractivity contribution in [3.8, 4) is 0 Å². The van der Waals surface area contributed by atoms with E-state index in [-0.39, 0.29) is 5.55 Å². The fourth-order valence-electron chi connectivity index (χ4n) is 3.40. The molecule has 3 aromatic rings. The molecular weight excluding hydrogens is 280 g/mol. The third-order valence-electron chi connectivity index (χ3n) is 4.36. The lowest BCUT2D eigenvalue weighted by Gasteiger charge is -2.12. The number of hydrogen-bond donors (Lipinski definition) is 2. The van der Waals surface area contributed by atoms with Crippen molar-refractivity contribution in [1.29, 1.82) is 5.41 Å². The van der Waals surface area contributed by atoms with Crippen LogP contribution in [0.15, 0.2) is 28.7 Å². The van der Waals surface area contributed by atoms with Crippen LogP contribution in [-0.2, 0) is 12.8 Å². The summed E-state index contributed by atoms with van der Waals surface area (Å²) in [5.41, 5.74) is 3.51. The molecule has 2 N–H and O–H groups in total. The second-order valence-corrected chi connectivity index (χ2v) is 6.06. The zero-order valence-electron chi connectivity index (χ0n) is 11.7. The minimum Gasteiger partial charge on any atom is -0.438 e. The highest BCUT2D eigenvalue weighted by molar-refractivity contribution is 7.71. The van der Waals surface area contributed by atoms with Gasteiger partial charge in [0, 0.05) is 16.5 Å². The molecule has 1 aliphatic carbocycles. The third-order valence-corrected chi connectivity index (χ3v) is 4.66. The molecule has 0 spiro atoms. The molecule has 0 unspecified atom stereocenters. The Morgan fingerprint density at radius 3 is 2.76 bits per heavy atom. The van der Waals surface area contributed by atoms with E-state index in [0.717, 1.165) is 34.6 Å². The molecular formula is C17H16N2OS. The second kappa shape index (κ2) is 4.81. The molecule has 3 nitrogen and oxygen atoms in total. The summed E-state index contributed by atoms with van der Waals surface area (Å²) in [6.45, 7) is 0. The maximum atomic E-state index is 8.21. The van der Waals surface area contributed by atoms with Crippen LogP contribution in [-0.4, -0.2) is 4.98 Å². The molecule has 4 rings (SSSR count). The number of aromatic nitrogens is 1. The van der Waals surface area contributed by atoms with E-state index in [0.29, 0.717) is 4.64 Å². The summed E-state index contributed by atoms with van der Waals surface area (Å²) in [6, 6.07) is 7.96. The zero-order chi connectivity index (χ0) is 14.4. The van der Waals surface area contributed by atoms with Gasteiger partial charge in [0.15, 0.2) is 0 Å². The molecule has 1 aliphatic rings. The zero-order valence-corrected chi connectivity index (χ0v) is 12.5. The van der Waals surface area contributed by atoms with Crippen LogP contribution >= 0.6 is 12.2 Å². The molecule has 4 heteroatoms. The molecule has 0 saturated carbocycles. The fraction of sp³-hybridized carbons (Fsp3) is 0.294. The van der Waals surface area contributed by atoms with Crippen molar-refractivity contribution in [2.75, 3.05) is 0 Å². The van der Waals surface area contributed by atoms with E-state index in [1.54, 1.807) is 0 Å². The Morgan fingerprint density at radius 2 is 1.86 bits per heavy atom. The largest absolute Gasteiger partial charge is 0.438 e. The van der Waals surface area contributed by atoms with Gasteiger partial charge in [-0.3, -0.25) is 5.41 Å². The van der Waals surface area contributed by atoms with Gasteiger partial charge in [0.1, 0.15) is 10.2 Å². The number of nitrogens with one attached hydrogen (secondary N) is 2. The van der Waals surface area contributed by atoms with E-state index in [4.69, 9.17) is 22.0 Å². The highest BCUT2D eigenvalue weighted by Gasteiger charge is 2.17. The van der Waals surface area contributed by atoms with Gasteiger partial charge in [-0.2, -0.15) is 0 Å². The van der Waals surface area contributed by atoms with Crippen LogP contribution in [0.4, 0.5) is 0 Å². The quantitative estimate of drug-likeness (QED) is 0.367. The van der Waals surface area contributed by atoms with Gasteiger partial charge in [0.05, 0.1) is 5.39 Å². The Hall–Kier alpha value is -1.94. The Bertz CT molecular complexity index is 968. The van der Waals surface area contributed by atoms with Crippen molar-refractivity contribution in [2.24, 2.45) is 0 Å². The number of aryl methyl sites for hydroxylation is 2. The molecule has 0 bridgehead atoms. The van der Waals surface area contributed by atoms with Gasteiger partial charge < -0.3 is 9.40 Å². The van der Waals surface area contributed by atoms with E-state index < -0.39 is 0 Å². The van der Waals surface area contributed by atoms with Crippen molar-refractivity contribution in [1.82, 2.24) is 4.98 Å². The van der Waals surface area contributed by atoms with Gasteiger partial charge in [-0.05, 0) is 37.3 Å². The molecule has 2 heterocycles. The number of para-hydroxylation sites is 1. The summed E-state index contributed by atoms with van der Waals surface area (Å²) in [5, 5.41) is 11.2. The number of hydrogen-bond acceptors (Lipinski definition) is 3. The van der Waals surface area contributed by atoms with Crippen molar-refractivity contribution >= 4 is 34.0 Å². The highest BCUT2D eigenvalue weighted by Crippen LogP contribution is 2.31. The van der Waals surface area contributed by atoms with Crippen molar-refractivity contribution in [3.63, 3.8) is 0 Å². The molecule has 2 aromatic heterocycles. The predicted molar refractivity (Wildman–Crippen MR) is 86.0 cm³/mol. The molecule has 21 heavy (non-hydrogen) atoms. The van der Waals surface area contributed by atoms with E-state index >= 15 is 0 Å². The molecule has 1 aromatic carbocycles. The minimum absolute atomic E-state index is 0.164. The molecule has 0 atom stereocenters. The van der Waals surface area contributed by atoms with Gasteiger partial charge in [-0.1, -0.05) is 36.8 Å². The predicted octanol–water partition coefficient (Wildman–Crippen LogP) is 4.39. The van der Waals surface area contributed by atoms with Crippen molar-refractivity contribution in [3.05, 3.63) is 45.7 Å². The average Bonchev–Trinajstić information content (AvgIpc) is 2.72. The summed E-state index contributed by atoms with van der Waals surface area (Å²) in [7, 11) is 0. The monoisotopic (exact) mass is 296 g/mol. The maximum Gasteiger partial charge on any atom is 0.222 e.